The third-order valence-electron chi connectivity index (χ3n) is 4.49. The molecule has 0 aliphatic rings. The van der Waals surface area contributed by atoms with Crippen LogP contribution in [0.25, 0.3) is 0 Å². The second kappa shape index (κ2) is 9.11. The van der Waals surface area contributed by atoms with E-state index in [4.69, 9.17) is 0 Å². The summed E-state index contributed by atoms with van der Waals surface area (Å²) < 4.78 is 28.6. The first-order valence-corrected chi connectivity index (χ1v) is 11.8. The maximum absolute atomic E-state index is 12.9. The van der Waals surface area contributed by atoms with E-state index in [1.807, 2.05) is 45.2 Å². The Bertz CT molecular complexity index is 970. The Kier molecular flexibility index (Phi) is 7.31. The molecular formula is C21H28N2O3S2. The standard InChI is InChI=1S/C21H28N2O3S2/c1-13(2)21(24)22-19-12-17(8-10-20(19)27-6)28(25,26)23-16(5)18-9-7-14(3)11-15(18)4/h7-13,16,23H,1-6H3,(H,22,24). The molecule has 0 heterocycles. The zero-order valence-electron chi connectivity index (χ0n) is 17.2. The average molecular weight is 421 g/mol. The van der Waals surface area contributed by atoms with Gasteiger partial charge >= 0.3 is 0 Å². The van der Waals surface area contributed by atoms with Crippen LogP contribution in [0.4, 0.5) is 5.69 Å². The SMILES string of the molecule is CSc1ccc(S(=O)(=O)NC(C)c2ccc(C)cc2C)cc1NC(=O)C(C)C. The predicted molar refractivity (Wildman–Crippen MR) is 116 cm³/mol. The van der Waals surface area contributed by atoms with Gasteiger partial charge < -0.3 is 5.32 Å². The fourth-order valence-electron chi connectivity index (χ4n) is 2.90. The Morgan fingerprint density at radius 2 is 1.71 bits per heavy atom. The van der Waals surface area contributed by atoms with E-state index in [0.717, 1.165) is 21.6 Å². The Labute approximate surface area is 172 Å². The van der Waals surface area contributed by atoms with Gasteiger partial charge in [-0.1, -0.05) is 37.6 Å². The molecular weight excluding hydrogens is 392 g/mol. The third kappa shape index (κ3) is 5.37. The number of benzene rings is 2. The minimum Gasteiger partial charge on any atom is -0.325 e. The fourth-order valence-corrected chi connectivity index (χ4v) is 4.69. The predicted octanol–water partition coefficient (Wildman–Crippen LogP) is 4.66. The lowest BCUT2D eigenvalue weighted by Crippen LogP contribution is -2.27. The van der Waals surface area contributed by atoms with E-state index in [1.165, 1.54) is 17.8 Å². The summed E-state index contributed by atoms with van der Waals surface area (Å²) >= 11 is 1.45. The Hall–Kier alpha value is -1.83. The van der Waals surface area contributed by atoms with Crippen molar-refractivity contribution in [3.8, 4) is 0 Å². The molecule has 28 heavy (non-hydrogen) atoms. The van der Waals surface area contributed by atoms with Gasteiger partial charge in [-0.2, -0.15) is 0 Å². The summed E-state index contributed by atoms with van der Waals surface area (Å²) in [5, 5.41) is 2.82. The Morgan fingerprint density at radius 1 is 1.04 bits per heavy atom. The lowest BCUT2D eigenvalue weighted by Gasteiger charge is -2.18. The number of sulfonamides is 1. The quantitative estimate of drug-likeness (QED) is 0.639. The van der Waals surface area contributed by atoms with Crippen LogP contribution in [0.3, 0.4) is 0 Å². The number of carbonyl (C=O) groups excluding carboxylic acids is 1. The number of thioether (sulfide) groups is 1. The molecule has 0 aromatic heterocycles. The molecule has 1 unspecified atom stereocenters. The van der Waals surface area contributed by atoms with Crippen molar-refractivity contribution in [3.63, 3.8) is 0 Å². The number of aryl methyl sites for hydroxylation is 2. The second-order valence-electron chi connectivity index (χ2n) is 7.21. The van der Waals surface area contributed by atoms with Gasteiger partial charge in [-0.25, -0.2) is 13.1 Å². The normalized spacial score (nSPS) is 12.8. The minimum absolute atomic E-state index is 0.126. The largest absolute Gasteiger partial charge is 0.325 e. The van der Waals surface area contributed by atoms with Gasteiger partial charge in [0.2, 0.25) is 15.9 Å². The van der Waals surface area contributed by atoms with Crippen molar-refractivity contribution in [1.29, 1.82) is 0 Å². The lowest BCUT2D eigenvalue weighted by molar-refractivity contribution is -0.118. The molecule has 7 heteroatoms. The van der Waals surface area contributed by atoms with Crippen molar-refractivity contribution in [3.05, 3.63) is 53.1 Å². The van der Waals surface area contributed by atoms with Crippen molar-refractivity contribution < 1.29 is 13.2 Å². The van der Waals surface area contributed by atoms with Gasteiger partial charge in [0.1, 0.15) is 0 Å². The van der Waals surface area contributed by atoms with Crippen LogP contribution < -0.4 is 10.0 Å². The van der Waals surface area contributed by atoms with E-state index in [-0.39, 0.29) is 22.8 Å². The molecule has 1 atom stereocenters. The number of hydrogen-bond donors (Lipinski definition) is 2. The summed E-state index contributed by atoms with van der Waals surface area (Å²) in [5.41, 5.74) is 3.61. The molecule has 2 aromatic carbocycles. The van der Waals surface area contributed by atoms with Crippen molar-refractivity contribution in [1.82, 2.24) is 4.72 Å². The van der Waals surface area contributed by atoms with Crippen LogP contribution in [-0.4, -0.2) is 20.6 Å². The van der Waals surface area contributed by atoms with Gasteiger partial charge in [0.15, 0.2) is 0 Å². The lowest BCUT2D eigenvalue weighted by atomic mass is 10.0. The second-order valence-corrected chi connectivity index (χ2v) is 9.77. The van der Waals surface area contributed by atoms with Gasteiger partial charge in [0.25, 0.3) is 0 Å². The minimum atomic E-state index is -3.75. The summed E-state index contributed by atoms with van der Waals surface area (Å²) in [5.74, 6) is -0.348. The maximum Gasteiger partial charge on any atom is 0.241 e. The Balaban J connectivity index is 2.33. The highest BCUT2D eigenvalue weighted by Gasteiger charge is 2.21. The van der Waals surface area contributed by atoms with Crippen LogP contribution in [0.15, 0.2) is 46.2 Å². The zero-order valence-corrected chi connectivity index (χ0v) is 18.8. The number of nitrogens with one attached hydrogen (secondary N) is 2. The van der Waals surface area contributed by atoms with Crippen LogP contribution in [0.2, 0.25) is 0 Å². The van der Waals surface area contributed by atoms with E-state index in [9.17, 15) is 13.2 Å². The highest BCUT2D eigenvalue weighted by Crippen LogP contribution is 2.29. The van der Waals surface area contributed by atoms with E-state index >= 15 is 0 Å². The highest BCUT2D eigenvalue weighted by molar-refractivity contribution is 7.98. The number of rotatable bonds is 7. The first-order valence-electron chi connectivity index (χ1n) is 9.13. The molecule has 0 spiro atoms. The van der Waals surface area contributed by atoms with Gasteiger partial charge in [-0.15, -0.1) is 11.8 Å². The number of hydrogen-bond acceptors (Lipinski definition) is 4. The van der Waals surface area contributed by atoms with Crippen LogP contribution in [-0.2, 0) is 14.8 Å². The third-order valence-corrected chi connectivity index (χ3v) is 6.82. The van der Waals surface area contributed by atoms with Gasteiger partial charge in [-0.05, 0) is 56.4 Å². The van der Waals surface area contributed by atoms with Gasteiger partial charge in [-0.3, -0.25) is 4.79 Å². The summed E-state index contributed by atoms with van der Waals surface area (Å²) in [4.78, 5) is 13.0. The molecule has 5 nitrogen and oxygen atoms in total. The van der Waals surface area contributed by atoms with E-state index in [2.05, 4.69) is 10.0 Å². The topological polar surface area (TPSA) is 75.3 Å². The summed E-state index contributed by atoms with van der Waals surface area (Å²) in [6, 6.07) is 10.4. The first kappa shape index (κ1) is 22.5. The van der Waals surface area contributed by atoms with Gasteiger partial charge in [0, 0.05) is 16.9 Å². The smallest absolute Gasteiger partial charge is 0.241 e. The van der Waals surface area contributed by atoms with Crippen LogP contribution >= 0.6 is 11.8 Å². The van der Waals surface area contributed by atoms with E-state index < -0.39 is 10.0 Å². The summed E-state index contributed by atoms with van der Waals surface area (Å²) in [7, 11) is -3.75. The summed E-state index contributed by atoms with van der Waals surface area (Å²) in [6.45, 7) is 9.39. The molecule has 0 saturated carbocycles. The van der Waals surface area contributed by atoms with Crippen molar-refractivity contribution in [2.24, 2.45) is 5.92 Å². The first-order chi connectivity index (χ1) is 13.0. The zero-order chi connectivity index (χ0) is 21.1. The van der Waals surface area contributed by atoms with Crippen molar-refractivity contribution >= 4 is 33.4 Å². The van der Waals surface area contributed by atoms with E-state index in [1.54, 1.807) is 26.0 Å². The Morgan fingerprint density at radius 3 is 2.29 bits per heavy atom. The molecule has 1 amide bonds. The van der Waals surface area contributed by atoms with Crippen LogP contribution in [0, 0.1) is 19.8 Å². The molecule has 0 aliphatic carbocycles. The molecule has 2 rings (SSSR count). The molecule has 2 N–H and O–H groups in total. The molecule has 0 fully saturated rings. The molecule has 0 aliphatic heterocycles. The summed E-state index contributed by atoms with van der Waals surface area (Å²) in [6.07, 6.45) is 1.88. The number of carbonyl (C=O) groups is 1. The van der Waals surface area contributed by atoms with Crippen LogP contribution in [0.5, 0.6) is 0 Å². The van der Waals surface area contributed by atoms with Crippen molar-refractivity contribution in [2.45, 2.75) is 50.5 Å². The number of amides is 1. The molecule has 2 aromatic rings. The molecule has 0 radical (unpaired) electrons. The fraction of sp³-hybridized carbons (Fsp3) is 0.381. The maximum atomic E-state index is 12.9. The monoisotopic (exact) mass is 420 g/mol. The highest BCUT2D eigenvalue weighted by atomic mass is 32.2. The average Bonchev–Trinajstić information content (AvgIpc) is 2.60. The van der Waals surface area contributed by atoms with E-state index in [0.29, 0.717) is 5.69 Å². The molecule has 152 valence electrons. The van der Waals surface area contributed by atoms with Gasteiger partial charge in [0.05, 0.1) is 10.6 Å². The van der Waals surface area contributed by atoms with Crippen LogP contribution in [0.1, 0.15) is 43.5 Å². The molecule has 0 saturated heterocycles. The number of anilines is 1. The molecule has 0 bridgehead atoms. The van der Waals surface area contributed by atoms with Crippen molar-refractivity contribution in [2.75, 3.05) is 11.6 Å².